The molecule has 4 rings (SSSR count). The van der Waals surface area contributed by atoms with E-state index in [4.69, 9.17) is 9.41 Å². The van der Waals surface area contributed by atoms with Crippen molar-refractivity contribution in [2.75, 3.05) is 0 Å². The van der Waals surface area contributed by atoms with Crippen LogP contribution in [0.2, 0.25) is 0 Å². The van der Waals surface area contributed by atoms with Crippen LogP contribution in [0.25, 0.3) is 0 Å². The molecule has 5 heteroatoms. The zero-order valence-electron chi connectivity index (χ0n) is 15.1. The second kappa shape index (κ2) is 7.08. The molecule has 1 aliphatic rings. The van der Waals surface area contributed by atoms with Crippen molar-refractivity contribution in [3.05, 3.63) is 87.5 Å². The van der Waals surface area contributed by atoms with E-state index in [1.54, 1.807) is 18.7 Å². The normalized spacial score (nSPS) is 16.4. The molecule has 1 aliphatic heterocycles. The predicted molar refractivity (Wildman–Crippen MR) is 108 cm³/mol. The van der Waals surface area contributed by atoms with E-state index in [1.807, 2.05) is 24.3 Å². The molecule has 0 saturated carbocycles. The van der Waals surface area contributed by atoms with Crippen molar-refractivity contribution in [2.45, 2.75) is 30.4 Å². The molecule has 1 atom stereocenters. The number of hydrogen-bond donors (Lipinski definition) is 1. The first-order chi connectivity index (χ1) is 13.0. The summed E-state index contributed by atoms with van der Waals surface area (Å²) in [5.41, 5.74) is 3.29. The number of aliphatic imine (C=N–C) groups is 1. The maximum atomic E-state index is 12.5. The molecule has 0 aliphatic carbocycles. The van der Waals surface area contributed by atoms with Crippen molar-refractivity contribution in [2.24, 2.45) is 4.99 Å². The number of hydrogen-bond acceptors (Lipinski definition) is 5. The molecule has 3 aromatic rings. The lowest BCUT2D eigenvalue weighted by molar-refractivity contribution is 0.432. The highest BCUT2D eigenvalue weighted by molar-refractivity contribution is 7.99. The molecule has 0 amide bonds. The number of thioether (sulfide) groups is 1. The first kappa shape index (κ1) is 17.6. The Morgan fingerprint density at radius 1 is 1.11 bits per heavy atom. The van der Waals surface area contributed by atoms with Gasteiger partial charge in [0, 0.05) is 22.6 Å². The standard InChI is InChI=1S/C22H19NO3S/c1-13-7-9-15(10-8-13)20-12-17(21-18(24)11-14(2)26-22(21)25)23-16-5-3-4-6-19(16)27-20/h3-11,20,24H,12H2,1-2H3. The Morgan fingerprint density at radius 3 is 2.59 bits per heavy atom. The molecule has 1 unspecified atom stereocenters. The molecule has 0 radical (unpaired) electrons. The molecule has 4 nitrogen and oxygen atoms in total. The highest BCUT2D eigenvalue weighted by atomic mass is 32.2. The molecule has 1 N–H and O–H groups in total. The minimum atomic E-state index is -0.557. The van der Waals surface area contributed by atoms with Gasteiger partial charge in [0.2, 0.25) is 0 Å². The van der Waals surface area contributed by atoms with E-state index < -0.39 is 5.63 Å². The topological polar surface area (TPSA) is 62.8 Å². The van der Waals surface area contributed by atoms with Gasteiger partial charge in [0.05, 0.1) is 11.4 Å². The quantitative estimate of drug-likeness (QED) is 0.656. The van der Waals surface area contributed by atoms with Crippen molar-refractivity contribution >= 4 is 23.2 Å². The number of aryl methyl sites for hydroxylation is 2. The molecule has 0 spiro atoms. The molecule has 2 aromatic carbocycles. The molecule has 136 valence electrons. The minimum absolute atomic E-state index is 0.0769. The lowest BCUT2D eigenvalue weighted by atomic mass is 10.0. The average molecular weight is 377 g/mol. The van der Waals surface area contributed by atoms with Gasteiger partial charge in [-0.15, -0.1) is 11.8 Å². The summed E-state index contributed by atoms with van der Waals surface area (Å²) in [5.74, 6) is 0.287. The second-order valence-corrected chi connectivity index (χ2v) is 7.90. The van der Waals surface area contributed by atoms with Crippen LogP contribution in [0, 0.1) is 13.8 Å². The Balaban J connectivity index is 1.86. The summed E-state index contributed by atoms with van der Waals surface area (Å²) in [5, 5.41) is 10.5. The molecular formula is C22H19NO3S. The molecular weight excluding hydrogens is 358 g/mol. The first-order valence-electron chi connectivity index (χ1n) is 8.75. The zero-order chi connectivity index (χ0) is 19.0. The third-order valence-electron chi connectivity index (χ3n) is 4.56. The maximum Gasteiger partial charge on any atom is 0.348 e. The van der Waals surface area contributed by atoms with Crippen molar-refractivity contribution in [3.8, 4) is 5.75 Å². The third-order valence-corrected chi connectivity index (χ3v) is 5.88. The fraction of sp³-hybridized carbons (Fsp3) is 0.182. The van der Waals surface area contributed by atoms with Crippen LogP contribution >= 0.6 is 11.8 Å². The van der Waals surface area contributed by atoms with E-state index in [2.05, 4.69) is 31.2 Å². The van der Waals surface area contributed by atoms with Gasteiger partial charge in [0.25, 0.3) is 0 Å². The van der Waals surface area contributed by atoms with Crippen LogP contribution in [0.4, 0.5) is 5.69 Å². The summed E-state index contributed by atoms with van der Waals surface area (Å²) < 4.78 is 5.22. The minimum Gasteiger partial charge on any atom is -0.507 e. The summed E-state index contributed by atoms with van der Waals surface area (Å²) in [4.78, 5) is 18.2. The van der Waals surface area contributed by atoms with Crippen molar-refractivity contribution in [1.82, 2.24) is 0 Å². The van der Waals surface area contributed by atoms with Crippen LogP contribution in [0.1, 0.15) is 34.1 Å². The van der Waals surface area contributed by atoms with E-state index in [-0.39, 0.29) is 16.6 Å². The Morgan fingerprint density at radius 2 is 1.85 bits per heavy atom. The monoisotopic (exact) mass is 377 g/mol. The predicted octanol–water partition coefficient (Wildman–Crippen LogP) is 5.32. The molecule has 0 bridgehead atoms. The van der Waals surface area contributed by atoms with Crippen LogP contribution in [-0.4, -0.2) is 10.8 Å². The lowest BCUT2D eigenvalue weighted by Crippen LogP contribution is -2.16. The average Bonchev–Trinajstić information content (AvgIpc) is 2.81. The fourth-order valence-corrected chi connectivity index (χ4v) is 4.43. The van der Waals surface area contributed by atoms with Crippen molar-refractivity contribution < 1.29 is 9.52 Å². The van der Waals surface area contributed by atoms with E-state index in [9.17, 15) is 9.90 Å². The summed E-state index contributed by atoms with van der Waals surface area (Å²) >= 11 is 1.72. The number of aromatic hydroxyl groups is 1. The van der Waals surface area contributed by atoms with Crippen molar-refractivity contribution in [1.29, 1.82) is 0 Å². The summed E-state index contributed by atoms with van der Waals surface area (Å²) in [7, 11) is 0. The van der Waals surface area contributed by atoms with Gasteiger partial charge in [-0.05, 0) is 31.5 Å². The van der Waals surface area contributed by atoms with Crippen LogP contribution in [0.3, 0.4) is 0 Å². The van der Waals surface area contributed by atoms with Gasteiger partial charge in [-0.2, -0.15) is 0 Å². The Kier molecular flexibility index (Phi) is 4.62. The number of benzene rings is 2. The van der Waals surface area contributed by atoms with Crippen LogP contribution in [-0.2, 0) is 0 Å². The van der Waals surface area contributed by atoms with Crippen LogP contribution in [0.15, 0.2) is 73.7 Å². The first-order valence-corrected chi connectivity index (χ1v) is 9.63. The summed E-state index contributed by atoms with van der Waals surface area (Å²) in [6.45, 7) is 3.70. The van der Waals surface area contributed by atoms with Crippen LogP contribution in [0.5, 0.6) is 5.75 Å². The van der Waals surface area contributed by atoms with Gasteiger partial charge < -0.3 is 9.52 Å². The molecule has 2 heterocycles. The Labute approximate surface area is 161 Å². The number of fused-ring (bicyclic) bond motifs is 1. The SMILES string of the molecule is Cc1ccc(C2CC(c3c(O)cc(C)oc3=O)=Nc3ccccc3S2)cc1. The summed E-state index contributed by atoms with van der Waals surface area (Å²) in [6.07, 6.45) is 0.518. The fourth-order valence-electron chi connectivity index (χ4n) is 3.20. The zero-order valence-corrected chi connectivity index (χ0v) is 15.9. The Hall–Kier alpha value is -2.79. The van der Waals surface area contributed by atoms with E-state index in [0.29, 0.717) is 17.9 Å². The maximum absolute atomic E-state index is 12.5. The summed E-state index contributed by atoms with van der Waals surface area (Å²) in [6, 6.07) is 17.7. The van der Waals surface area contributed by atoms with E-state index in [1.165, 1.54) is 11.6 Å². The van der Waals surface area contributed by atoms with Gasteiger partial charge in [0.1, 0.15) is 17.1 Å². The van der Waals surface area contributed by atoms with Gasteiger partial charge in [-0.3, -0.25) is 4.99 Å². The number of nitrogens with zero attached hydrogens (tertiary/aromatic N) is 1. The highest BCUT2D eigenvalue weighted by Crippen LogP contribution is 2.45. The number of rotatable bonds is 2. The van der Waals surface area contributed by atoms with Gasteiger partial charge in [-0.25, -0.2) is 4.79 Å². The largest absolute Gasteiger partial charge is 0.507 e. The molecule has 0 saturated heterocycles. The van der Waals surface area contributed by atoms with E-state index in [0.717, 1.165) is 16.1 Å². The van der Waals surface area contributed by atoms with Crippen molar-refractivity contribution in [3.63, 3.8) is 0 Å². The van der Waals surface area contributed by atoms with E-state index >= 15 is 0 Å². The molecule has 27 heavy (non-hydrogen) atoms. The number of para-hydroxylation sites is 1. The molecule has 1 aromatic heterocycles. The molecule has 0 fully saturated rings. The van der Waals surface area contributed by atoms with Gasteiger partial charge in [0.15, 0.2) is 0 Å². The smallest absolute Gasteiger partial charge is 0.348 e. The van der Waals surface area contributed by atoms with Gasteiger partial charge in [-0.1, -0.05) is 42.0 Å². The van der Waals surface area contributed by atoms with Gasteiger partial charge >= 0.3 is 5.63 Å². The lowest BCUT2D eigenvalue weighted by Gasteiger charge is -2.16. The second-order valence-electron chi connectivity index (χ2n) is 6.65. The van der Waals surface area contributed by atoms with Crippen LogP contribution < -0.4 is 5.63 Å². The Bertz CT molecular complexity index is 1080. The third kappa shape index (κ3) is 3.55. The highest BCUT2D eigenvalue weighted by Gasteiger charge is 2.26.